The summed E-state index contributed by atoms with van der Waals surface area (Å²) in [6.45, 7) is 4.14. The standard InChI is InChI=1S/C20H21BrF2N2O2/c1-3-12(2)20-24-17-6-4-5-7-18(17)25(20)10-14(26)11-27-19-15(22)8-13(21)9-16(19)23/h4-9,12,14,26H,3,10-11H2,1-2H3. The molecule has 0 radical (unpaired) electrons. The zero-order valence-electron chi connectivity index (χ0n) is 15.1. The van der Waals surface area contributed by atoms with Gasteiger partial charge in [0.2, 0.25) is 0 Å². The molecule has 0 fully saturated rings. The van der Waals surface area contributed by atoms with Gasteiger partial charge in [-0.3, -0.25) is 0 Å². The molecule has 0 saturated carbocycles. The van der Waals surface area contributed by atoms with E-state index in [1.165, 1.54) is 0 Å². The summed E-state index contributed by atoms with van der Waals surface area (Å²) in [7, 11) is 0. The first kappa shape index (κ1) is 19.8. The Balaban J connectivity index is 1.79. The van der Waals surface area contributed by atoms with Crippen molar-refractivity contribution < 1.29 is 18.6 Å². The van der Waals surface area contributed by atoms with Crippen molar-refractivity contribution in [1.82, 2.24) is 9.55 Å². The number of benzene rings is 2. The van der Waals surface area contributed by atoms with Gasteiger partial charge in [-0.2, -0.15) is 0 Å². The Morgan fingerprint density at radius 3 is 2.56 bits per heavy atom. The van der Waals surface area contributed by atoms with Crippen LogP contribution in [0.25, 0.3) is 11.0 Å². The molecule has 1 N–H and O–H groups in total. The molecule has 3 aromatic rings. The maximum Gasteiger partial charge on any atom is 0.190 e. The maximum atomic E-state index is 13.9. The molecular weight excluding hydrogens is 418 g/mol. The van der Waals surface area contributed by atoms with E-state index in [9.17, 15) is 13.9 Å². The number of hydrogen-bond acceptors (Lipinski definition) is 3. The minimum absolute atomic E-state index is 0.215. The molecule has 0 aliphatic rings. The number of aromatic nitrogens is 2. The van der Waals surface area contributed by atoms with Crippen LogP contribution in [0.15, 0.2) is 40.9 Å². The molecule has 2 aromatic carbocycles. The molecule has 3 rings (SSSR count). The molecule has 0 aliphatic carbocycles. The molecule has 144 valence electrons. The highest BCUT2D eigenvalue weighted by Gasteiger charge is 2.19. The van der Waals surface area contributed by atoms with Gasteiger partial charge in [-0.25, -0.2) is 13.8 Å². The van der Waals surface area contributed by atoms with Gasteiger partial charge in [0.05, 0.1) is 17.6 Å². The second-order valence-electron chi connectivity index (χ2n) is 6.54. The Morgan fingerprint density at radius 2 is 1.89 bits per heavy atom. The Bertz CT molecular complexity index is 922. The van der Waals surface area contributed by atoms with E-state index in [2.05, 4.69) is 34.8 Å². The van der Waals surface area contributed by atoms with E-state index < -0.39 is 23.5 Å². The zero-order chi connectivity index (χ0) is 19.6. The fraction of sp³-hybridized carbons (Fsp3) is 0.350. The fourth-order valence-corrected chi connectivity index (χ4v) is 3.36. The Morgan fingerprint density at radius 1 is 1.22 bits per heavy atom. The van der Waals surface area contributed by atoms with E-state index >= 15 is 0 Å². The van der Waals surface area contributed by atoms with E-state index in [1.54, 1.807) is 0 Å². The fourth-order valence-electron chi connectivity index (χ4n) is 2.95. The monoisotopic (exact) mass is 438 g/mol. The highest BCUT2D eigenvalue weighted by molar-refractivity contribution is 9.10. The second-order valence-corrected chi connectivity index (χ2v) is 7.46. The number of halogens is 3. The van der Waals surface area contributed by atoms with Crippen molar-refractivity contribution in [1.29, 1.82) is 0 Å². The smallest absolute Gasteiger partial charge is 0.190 e. The minimum atomic E-state index is -0.951. The van der Waals surface area contributed by atoms with E-state index in [-0.39, 0.29) is 23.5 Å². The number of aliphatic hydroxyl groups excluding tert-OH is 1. The van der Waals surface area contributed by atoms with E-state index in [4.69, 9.17) is 4.74 Å². The van der Waals surface area contributed by atoms with E-state index in [0.29, 0.717) is 0 Å². The number of nitrogens with zero attached hydrogens (tertiary/aromatic N) is 2. The lowest BCUT2D eigenvalue weighted by molar-refractivity contribution is 0.0882. The molecule has 1 aromatic heterocycles. The maximum absolute atomic E-state index is 13.9. The number of para-hydroxylation sites is 2. The van der Waals surface area contributed by atoms with Crippen LogP contribution in [0.1, 0.15) is 32.0 Å². The number of imidazole rings is 1. The third-order valence-electron chi connectivity index (χ3n) is 4.51. The first-order valence-corrected chi connectivity index (χ1v) is 9.60. The van der Waals surface area contributed by atoms with Crippen LogP contribution in [0.5, 0.6) is 5.75 Å². The van der Waals surface area contributed by atoms with Crippen LogP contribution in [0.2, 0.25) is 0 Å². The van der Waals surface area contributed by atoms with Crippen LogP contribution in [0, 0.1) is 11.6 Å². The average molecular weight is 439 g/mol. The van der Waals surface area contributed by atoms with Crippen molar-refractivity contribution >= 4 is 27.0 Å². The molecule has 2 atom stereocenters. The first-order chi connectivity index (χ1) is 12.9. The summed E-state index contributed by atoms with van der Waals surface area (Å²) >= 11 is 3.02. The van der Waals surface area contributed by atoms with Gasteiger partial charge in [-0.05, 0) is 30.7 Å². The van der Waals surface area contributed by atoms with Crippen molar-refractivity contribution in [2.24, 2.45) is 0 Å². The van der Waals surface area contributed by atoms with Crippen LogP contribution < -0.4 is 4.74 Å². The molecule has 7 heteroatoms. The molecule has 2 unspecified atom stereocenters. The lowest BCUT2D eigenvalue weighted by atomic mass is 10.1. The molecule has 27 heavy (non-hydrogen) atoms. The van der Waals surface area contributed by atoms with Gasteiger partial charge in [0.25, 0.3) is 0 Å². The summed E-state index contributed by atoms with van der Waals surface area (Å²) in [6, 6.07) is 9.93. The first-order valence-electron chi connectivity index (χ1n) is 8.81. The average Bonchev–Trinajstić information content (AvgIpc) is 2.98. The van der Waals surface area contributed by atoms with Crippen LogP contribution in [-0.4, -0.2) is 27.4 Å². The predicted molar refractivity (Wildman–Crippen MR) is 104 cm³/mol. The molecule has 0 bridgehead atoms. The summed E-state index contributed by atoms with van der Waals surface area (Å²) in [6.07, 6.45) is -0.0431. The quantitative estimate of drug-likeness (QED) is 0.562. The molecule has 0 spiro atoms. The van der Waals surface area contributed by atoms with Crippen LogP contribution in [0.4, 0.5) is 8.78 Å². The number of hydrogen-bond donors (Lipinski definition) is 1. The number of ether oxygens (including phenoxy) is 1. The molecule has 0 aliphatic heterocycles. The minimum Gasteiger partial charge on any atom is -0.485 e. The summed E-state index contributed by atoms with van der Waals surface area (Å²) < 4.78 is 35.2. The Hall–Kier alpha value is -1.99. The van der Waals surface area contributed by atoms with E-state index in [0.717, 1.165) is 35.4 Å². The number of fused-ring (bicyclic) bond motifs is 1. The van der Waals surface area contributed by atoms with E-state index in [1.807, 2.05) is 28.8 Å². The molecule has 0 amide bonds. The summed E-state index contributed by atoms with van der Waals surface area (Å²) in [5, 5.41) is 10.4. The lowest BCUT2D eigenvalue weighted by Crippen LogP contribution is -2.25. The summed E-state index contributed by atoms with van der Waals surface area (Å²) in [4.78, 5) is 4.68. The van der Waals surface area contributed by atoms with Gasteiger partial charge in [-0.15, -0.1) is 0 Å². The van der Waals surface area contributed by atoms with Crippen molar-refractivity contribution in [3.8, 4) is 5.75 Å². The van der Waals surface area contributed by atoms with Crippen LogP contribution in [0.3, 0.4) is 0 Å². The topological polar surface area (TPSA) is 47.3 Å². The van der Waals surface area contributed by atoms with Gasteiger partial charge in [0.1, 0.15) is 18.5 Å². The Kier molecular flexibility index (Phi) is 6.11. The van der Waals surface area contributed by atoms with Crippen molar-refractivity contribution in [2.45, 2.75) is 38.8 Å². The SMILES string of the molecule is CCC(C)c1nc2ccccc2n1CC(O)COc1c(F)cc(Br)cc1F. The van der Waals surface area contributed by atoms with Gasteiger partial charge in [0, 0.05) is 10.4 Å². The van der Waals surface area contributed by atoms with Crippen LogP contribution >= 0.6 is 15.9 Å². The third kappa shape index (κ3) is 4.30. The van der Waals surface area contributed by atoms with Crippen LogP contribution in [-0.2, 0) is 6.54 Å². The third-order valence-corrected chi connectivity index (χ3v) is 4.97. The number of aliphatic hydroxyl groups is 1. The summed E-state index contributed by atoms with van der Waals surface area (Å²) in [5.41, 5.74) is 1.76. The zero-order valence-corrected chi connectivity index (χ0v) is 16.7. The largest absolute Gasteiger partial charge is 0.485 e. The lowest BCUT2D eigenvalue weighted by Gasteiger charge is -2.18. The molecule has 4 nitrogen and oxygen atoms in total. The highest BCUT2D eigenvalue weighted by atomic mass is 79.9. The normalized spacial score (nSPS) is 13.7. The Labute approximate surface area is 164 Å². The van der Waals surface area contributed by atoms with Crippen molar-refractivity contribution in [2.75, 3.05) is 6.61 Å². The molecular formula is C20H21BrF2N2O2. The van der Waals surface area contributed by atoms with Gasteiger partial charge >= 0.3 is 0 Å². The summed E-state index contributed by atoms with van der Waals surface area (Å²) in [5.74, 6) is -1.04. The van der Waals surface area contributed by atoms with Gasteiger partial charge < -0.3 is 14.4 Å². The highest BCUT2D eigenvalue weighted by Crippen LogP contribution is 2.27. The van der Waals surface area contributed by atoms with Gasteiger partial charge in [0.15, 0.2) is 17.4 Å². The molecule has 0 saturated heterocycles. The molecule has 1 heterocycles. The number of rotatable bonds is 7. The van der Waals surface area contributed by atoms with Crippen molar-refractivity contribution in [3.05, 3.63) is 58.3 Å². The van der Waals surface area contributed by atoms with Crippen molar-refractivity contribution in [3.63, 3.8) is 0 Å². The second kappa shape index (κ2) is 8.35. The predicted octanol–water partition coefficient (Wildman–Crippen LogP) is 5.03. The van der Waals surface area contributed by atoms with Gasteiger partial charge in [-0.1, -0.05) is 41.9 Å².